The second kappa shape index (κ2) is 6.48. The Morgan fingerprint density at radius 2 is 1.86 bits per heavy atom. The second-order valence-electron chi connectivity index (χ2n) is 5.41. The van der Waals surface area contributed by atoms with Crippen LogP contribution in [0.5, 0.6) is 5.75 Å². The molecule has 0 aliphatic carbocycles. The summed E-state index contributed by atoms with van der Waals surface area (Å²) in [4.78, 5) is 12.3. The number of ketones is 1. The predicted molar refractivity (Wildman–Crippen MR) is 88.3 cm³/mol. The van der Waals surface area contributed by atoms with Crippen molar-refractivity contribution in [1.29, 1.82) is 0 Å². The van der Waals surface area contributed by atoms with Crippen molar-refractivity contribution >= 4 is 21.7 Å². The van der Waals surface area contributed by atoms with Gasteiger partial charge < -0.3 is 9.30 Å². The minimum atomic E-state index is 0.0120. The lowest BCUT2D eigenvalue weighted by atomic mass is 10.1. The van der Waals surface area contributed by atoms with Gasteiger partial charge >= 0.3 is 0 Å². The molecule has 0 amide bonds. The zero-order valence-corrected chi connectivity index (χ0v) is 14.4. The standard InChI is InChI=1S/C17H20BrNO2/c1-11(2)19-12(3)9-16(13(19)4)17(20)10-21-15-7-5-14(18)6-8-15/h5-9,11H,10H2,1-4H3. The van der Waals surface area contributed by atoms with E-state index in [2.05, 4.69) is 34.3 Å². The van der Waals surface area contributed by atoms with E-state index < -0.39 is 0 Å². The molecule has 2 aromatic rings. The summed E-state index contributed by atoms with van der Waals surface area (Å²) >= 11 is 3.37. The van der Waals surface area contributed by atoms with Crippen LogP contribution in [0.15, 0.2) is 34.8 Å². The van der Waals surface area contributed by atoms with E-state index in [0.29, 0.717) is 11.8 Å². The van der Waals surface area contributed by atoms with Crippen LogP contribution in [0.25, 0.3) is 0 Å². The summed E-state index contributed by atoms with van der Waals surface area (Å²) in [7, 11) is 0. The molecule has 1 heterocycles. The monoisotopic (exact) mass is 349 g/mol. The highest BCUT2D eigenvalue weighted by atomic mass is 79.9. The molecule has 1 aromatic heterocycles. The highest BCUT2D eigenvalue weighted by molar-refractivity contribution is 9.10. The molecule has 0 atom stereocenters. The lowest BCUT2D eigenvalue weighted by molar-refractivity contribution is 0.0920. The SMILES string of the molecule is Cc1cc(C(=O)COc2ccc(Br)cc2)c(C)n1C(C)C. The Labute approximate surface area is 134 Å². The molecule has 0 radical (unpaired) electrons. The summed E-state index contributed by atoms with van der Waals surface area (Å²) in [6.45, 7) is 8.31. The van der Waals surface area contributed by atoms with Gasteiger partial charge in [-0.15, -0.1) is 0 Å². The van der Waals surface area contributed by atoms with Gasteiger partial charge in [0.05, 0.1) is 0 Å². The first kappa shape index (κ1) is 15.8. The summed E-state index contributed by atoms with van der Waals surface area (Å²) < 4.78 is 8.72. The molecule has 0 saturated carbocycles. The number of ether oxygens (including phenoxy) is 1. The van der Waals surface area contributed by atoms with Gasteiger partial charge in [-0.1, -0.05) is 15.9 Å². The van der Waals surface area contributed by atoms with Crippen LogP contribution in [-0.2, 0) is 0 Å². The minimum absolute atomic E-state index is 0.0120. The van der Waals surface area contributed by atoms with Crippen molar-refractivity contribution in [2.75, 3.05) is 6.61 Å². The van der Waals surface area contributed by atoms with E-state index in [4.69, 9.17) is 4.74 Å². The lowest BCUT2D eigenvalue weighted by Crippen LogP contribution is -2.13. The number of rotatable bonds is 5. The topological polar surface area (TPSA) is 31.2 Å². The van der Waals surface area contributed by atoms with Crippen LogP contribution in [0.3, 0.4) is 0 Å². The van der Waals surface area contributed by atoms with Gasteiger partial charge in [0, 0.05) is 27.5 Å². The van der Waals surface area contributed by atoms with Crippen LogP contribution in [0.1, 0.15) is 41.6 Å². The van der Waals surface area contributed by atoms with E-state index in [9.17, 15) is 4.79 Å². The van der Waals surface area contributed by atoms with Crippen molar-refractivity contribution in [2.45, 2.75) is 33.7 Å². The zero-order chi connectivity index (χ0) is 15.6. The number of hydrogen-bond acceptors (Lipinski definition) is 2. The van der Waals surface area contributed by atoms with Gasteiger partial charge in [0.25, 0.3) is 0 Å². The first-order valence-corrected chi connectivity index (χ1v) is 7.79. The molecule has 2 rings (SSSR count). The Hall–Kier alpha value is -1.55. The molecular weight excluding hydrogens is 330 g/mol. The molecule has 0 unspecified atom stereocenters. The molecule has 3 nitrogen and oxygen atoms in total. The molecular formula is C17H20BrNO2. The number of benzene rings is 1. The van der Waals surface area contributed by atoms with E-state index >= 15 is 0 Å². The molecule has 4 heteroatoms. The first-order valence-electron chi connectivity index (χ1n) is 7.00. The fourth-order valence-corrected chi connectivity index (χ4v) is 2.88. The van der Waals surface area contributed by atoms with E-state index in [1.807, 2.05) is 44.2 Å². The Morgan fingerprint density at radius 3 is 2.38 bits per heavy atom. The van der Waals surface area contributed by atoms with Gasteiger partial charge in [-0.3, -0.25) is 4.79 Å². The zero-order valence-electron chi connectivity index (χ0n) is 12.8. The minimum Gasteiger partial charge on any atom is -0.485 e. The van der Waals surface area contributed by atoms with Crippen LogP contribution in [0, 0.1) is 13.8 Å². The number of aromatic nitrogens is 1. The molecule has 0 N–H and O–H groups in total. The number of Topliss-reactive ketones (excluding diaryl/α,β-unsaturated/α-hetero) is 1. The predicted octanol–water partition coefficient (Wildman–Crippen LogP) is 4.71. The third-order valence-corrected chi connectivity index (χ3v) is 4.01. The lowest BCUT2D eigenvalue weighted by Gasteiger charge is -2.13. The largest absolute Gasteiger partial charge is 0.485 e. The van der Waals surface area contributed by atoms with Crippen LogP contribution < -0.4 is 4.74 Å². The number of nitrogens with zero attached hydrogens (tertiary/aromatic N) is 1. The molecule has 0 bridgehead atoms. The van der Waals surface area contributed by atoms with Crippen molar-refractivity contribution in [1.82, 2.24) is 4.57 Å². The quantitative estimate of drug-likeness (QED) is 0.732. The van der Waals surface area contributed by atoms with E-state index in [-0.39, 0.29) is 12.4 Å². The number of hydrogen-bond donors (Lipinski definition) is 0. The number of carbonyl (C=O) groups is 1. The fraction of sp³-hybridized carbons (Fsp3) is 0.353. The summed E-state index contributed by atoms with van der Waals surface area (Å²) in [5, 5.41) is 0. The number of halogens is 1. The smallest absolute Gasteiger partial charge is 0.202 e. The normalized spacial score (nSPS) is 11.0. The molecule has 0 fully saturated rings. The molecule has 0 saturated heterocycles. The van der Waals surface area contributed by atoms with Gasteiger partial charge in [0.2, 0.25) is 5.78 Å². The van der Waals surface area contributed by atoms with Crippen molar-refractivity contribution in [3.05, 3.63) is 51.8 Å². The Balaban J connectivity index is 2.10. The molecule has 21 heavy (non-hydrogen) atoms. The van der Waals surface area contributed by atoms with Crippen molar-refractivity contribution in [3.63, 3.8) is 0 Å². The van der Waals surface area contributed by atoms with Gasteiger partial charge in [-0.25, -0.2) is 0 Å². The van der Waals surface area contributed by atoms with Crippen LogP contribution in [0.2, 0.25) is 0 Å². The van der Waals surface area contributed by atoms with Crippen LogP contribution in [0.4, 0.5) is 0 Å². The van der Waals surface area contributed by atoms with Crippen molar-refractivity contribution in [2.24, 2.45) is 0 Å². The van der Waals surface area contributed by atoms with Crippen molar-refractivity contribution in [3.8, 4) is 5.75 Å². The molecule has 0 spiro atoms. The average molecular weight is 350 g/mol. The summed E-state index contributed by atoms with van der Waals surface area (Å²) in [5.74, 6) is 0.710. The summed E-state index contributed by atoms with van der Waals surface area (Å²) in [5.41, 5.74) is 2.86. The second-order valence-corrected chi connectivity index (χ2v) is 6.33. The third-order valence-electron chi connectivity index (χ3n) is 3.48. The van der Waals surface area contributed by atoms with E-state index in [1.165, 1.54) is 0 Å². The number of carbonyl (C=O) groups excluding carboxylic acids is 1. The number of aryl methyl sites for hydroxylation is 1. The Morgan fingerprint density at radius 1 is 1.24 bits per heavy atom. The Kier molecular flexibility index (Phi) is 4.88. The third kappa shape index (κ3) is 3.56. The maximum absolute atomic E-state index is 12.3. The van der Waals surface area contributed by atoms with E-state index in [1.54, 1.807) is 0 Å². The van der Waals surface area contributed by atoms with Gasteiger partial charge in [0.15, 0.2) is 6.61 Å². The Bertz CT molecular complexity index is 642. The maximum Gasteiger partial charge on any atom is 0.202 e. The molecule has 1 aromatic carbocycles. The average Bonchev–Trinajstić information content (AvgIpc) is 2.73. The summed E-state index contributed by atoms with van der Waals surface area (Å²) in [6, 6.07) is 9.76. The highest BCUT2D eigenvalue weighted by Crippen LogP contribution is 2.21. The summed E-state index contributed by atoms with van der Waals surface area (Å²) in [6.07, 6.45) is 0. The van der Waals surface area contributed by atoms with E-state index in [0.717, 1.165) is 21.4 Å². The van der Waals surface area contributed by atoms with Crippen LogP contribution in [-0.4, -0.2) is 17.0 Å². The fourth-order valence-electron chi connectivity index (χ4n) is 2.61. The van der Waals surface area contributed by atoms with Crippen LogP contribution >= 0.6 is 15.9 Å². The maximum atomic E-state index is 12.3. The van der Waals surface area contributed by atoms with Crippen molar-refractivity contribution < 1.29 is 9.53 Å². The molecule has 0 aliphatic rings. The van der Waals surface area contributed by atoms with Gasteiger partial charge in [-0.2, -0.15) is 0 Å². The first-order chi connectivity index (χ1) is 9.90. The molecule has 112 valence electrons. The molecule has 0 aliphatic heterocycles. The highest BCUT2D eigenvalue weighted by Gasteiger charge is 2.17. The van der Waals surface area contributed by atoms with Gasteiger partial charge in [-0.05, 0) is 58.0 Å². The van der Waals surface area contributed by atoms with Gasteiger partial charge in [0.1, 0.15) is 5.75 Å².